The van der Waals surface area contributed by atoms with Crippen molar-refractivity contribution in [1.29, 1.82) is 0 Å². The Labute approximate surface area is 174 Å². The first-order chi connectivity index (χ1) is 13.7. The third kappa shape index (κ3) is 7.69. The van der Waals surface area contributed by atoms with Crippen molar-refractivity contribution in [3.8, 4) is 0 Å². The number of carbonyl (C=O) groups is 1. The van der Waals surface area contributed by atoms with Crippen LogP contribution in [0.2, 0.25) is 0 Å². The fourth-order valence-electron chi connectivity index (χ4n) is 2.71. The van der Waals surface area contributed by atoms with E-state index in [1.54, 1.807) is 24.5 Å². The molecule has 2 heterocycles. The Balaban J connectivity index is 2.14. The Kier molecular flexibility index (Phi) is 8.50. The van der Waals surface area contributed by atoms with E-state index in [2.05, 4.69) is 20.0 Å². The Morgan fingerprint density at radius 2 is 1.97 bits per heavy atom. The fourth-order valence-corrected chi connectivity index (χ4v) is 4.25. The predicted octanol–water partition coefficient (Wildman–Crippen LogP) is 1.16. The zero-order valence-corrected chi connectivity index (χ0v) is 17.9. The van der Waals surface area contributed by atoms with E-state index >= 15 is 0 Å². The third-order valence-corrected chi connectivity index (χ3v) is 5.64. The van der Waals surface area contributed by atoms with Crippen molar-refractivity contribution in [2.45, 2.75) is 50.9 Å². The molecule has 4 N–H and O–H groups in total. The molecule has 3 unspecified atom stereocenters. The van der Waals surface area contributed by atoms with E-state index < -0.39 is 34.2 Å². The molecule has 2 rings (SSSR count). The Bertz CT molecular complexity index is 889. The second-order valence-corrected chi connectivity index (χ2v) is 9.36. The van der Waals surface area contributed by atoms with E-state index in [9.17, 15) is 23.4 Å². The van der Waals surface area contributed by atoms with E-state index in [-0.39, 0.29) is 17.2 Å². The molecule has 9 nitrogen and oxygen atoms in total. The van der Waals surface area contributed by atoms with Gasteiger partial charge in [0.1, 0.15) is 11.8 Å². The summed E-state index contributed by atoms with van der Waals surface area (Å²) in [5.41, 5.74) is 0.862. The van der Waals surface area contributed by atoms with Crippen LogP contribution in [-0.2, 0) is 16.4 Å². The fraction of sp³-hybridized carbons (Fsp3) is 0.500. The van der Waals surface area contributed by atoms with Crippen LogP contribution in [0.25, 0.3) is 0 Å². The number of anilines is 1. The van der Waals surface area contributed by atoms with E-state index in [0.717, 1.165) is 36.0 Å². The van der Waals surface area contributed by atoms with Crippen molar-refractivity contribution in [2.75, 3.05) is 11.0 Å². The molecule has 2 aromatic rings. The largest absolute Gasteiger partial charge is 0.390 e. The van der Waals surface area contributed by atoms with E-state index in [0.29, 0.717) is 6.42 Å². The van der Waals surface area contributed by atoms with Crippen LogP contribution in [0.5, 0.6) is 0 Å². The lowest BCUT2D eigenvalue weighted by Crippen LogP contribution is -2.49. The molecule has 3 atom stereocenters. The number of thiazole rings is 1. The van der Waals surface area contributed by atoms with Gasteiger partial charge in [0.05, 0.1) is 18.4 Å². The Morgan fingerprint density at radius 3 is 2.59 bits per heavy atom. The maximum atomic E-state index is 12.6. The van der Waals surface area contributed by atoms with Crippen LogP contribution in [0.1, 0.15) is 42.2 Å². The highest BCUT2D eigenvalue weighted by molar-refractivity contribution is 7.92. The van der Waals surface area contributed by atoms with Gasteiger partial charge in [-0.1, -0.05) is 19.8 Å². The predicted molar refractivity (Wildman–Crippen MR) is 111 cm³/mol. The first-order valence-electron chi connectivity index (χ1n) is 9.18. The van der Waals surface area contributed by atoms with Crippen molar-refractivity contribution in [3.05, 3.63) is 41.2 Å². The van der Waals surface area contributed by atoms with Gasteiger partial charge in [-0.15, -0.1) is 11.3 Å². The van der Waals surface area contributed by atoms with Gasteiger partial charge in [-0.2, -0.15) is 0 Å². The molecule has 0 aliphatic heterocycles. The number of nitrogens with one attached hydrogen (secondary N) is 2. The molecule has 0 spiro atoms. The minimum atomic E-state index is -3.50. The summed E-state index contributed by atoms with van der Waals surface area (Å²) in [6.45, 7) is 1.99. The molecule has 2 aromatic heterocycles. The zero-order chi connectivity index (χ0) is 21.4. The zero-order valence-electron chi connectivity index (χ0n) is 16.3. The number of aliphatic hydroxyl groups excluding tert-OH is 2. The van der Waals surface area contributed by atoms with E-state index in [1.807, 2.05) is 6.92 Å². The standard InChI is InChI=1S/C18H26N4O5S2/c1-3-4-5-15(23)16(24)13(10-12-6-8-19-9-7-12)20-17(25)14-11-28-18(21-14)22-29(2,26)27/h6-9,11,13,15-16,23-24H,3-5,10H2,1-2H3,(H,20,25)(H,21,22). The van der Waals surface area contributed by atoms with E-state index in [1.165, 1.54) is 5.38 Å². The van der Waals surface area contributed by atoms with Gasteiger partial charge < -0.3 is 15.5 Å². The maximum Gasteiger partial charge on any atom is 0.271 e. The molecule has 1 amide bonds. The number of hydrogen-bond donors (Lipinski definition) is 4. The number of sulfonamides is 1. The summed E-state index contributed by atoms with van der Waals surface area (Å²) in [7, 11) is -3.50. The molecular weight excluding hydrogens is 416 g/mol. The second kappa shape index (κ2) is 10.6. The van der Waals surface area contributed by atoms with E-state index in [4.69, 9.17) is 0 Å². The summed E-state index contributed by atoms with van der Waals surface area (Å²) in [6.07, 6.45) is 4.38. The van der Waals surface area contributed by atoms with Crippen molar-refractivity contribution in [3.63, 3.8) is 0 Å². The highest BCUT2D eigenvalue weighted by atomic mass is 32.2. The van der Waals surface area contributed by atoms with Crippen LogP contribution in [0, 0.1) is 0 Å². The molecule has 0 aliphatic rings. The van der Waals surface area contributed by atoms with Gasteiger partial charge in [-0.25, -0.2) is 13.4 Å². The van der Waals surface area contributed by atoms with Crippen LogP contribution >= 0.6 is 11.3 Å². The molecule has 0 fully saturated rings. The number of aliphatic hydroxyl groups is 2. The maximum absolute atomic E-state index is 12.6. The number of hydrogen-bond acceptors (Lipinski definition) is 8. The third-order valence-electron chi connectivity index (χ3n) is 4.19. The number of aromatic nitrogens is 2. The number of pyridine rings is 1. The first kappa shape index (κ1) is 23.2. The first-order valence-corrected chi connectivity index (χ1v) is 12.0. The van der Waals surface area contributed by atoms with Gasteiger partial charge in [0.15, 0.2) is 5.13 Å². The molecule has 29 heavy (non-hydrogen) atoms. The molecule has 0 saturated heterocycles. The van der Waals surface area contributed by atoms with Gasteiger partial charge in [0.25, 0.3) is 5.91 Å². The van der Waals surface area contributed by atoms with Crippen molar-refractivity contribution in [1.82, 2.24) is 15.3 Å². The average Bonchev–Trinajstić information content (AvgIpc) is 3.12. The van der Waals surface area contributed by atoms with Crippen molar-refractivity contribution < 1.29 is 23.4 Å². The summed E-state index contributed by atoms with van der Waals surface area (Å²) in [4.78, 5) is 20.5. The van der Waals surface area contributed by atoms with Crippen molar-refractivity contribution in [2.24, 2.45) is 0 Å². The summed E-state index contributed by atoms with van der Waals surface area (Å²) in [5.74, 6) is -0.566. The summed E-state index contributed by atoms with van der Waals surface area (Å²) in [6, 6.07) is 2.77. The van der Waals surface area contributed by atoms with Gasteiger partial charge >= 0.3 is 0 Å². The summed E-state index contributed by atoms with van der Waals surface area (Å²) < 4.78 is 24.8. The number of rotatable bonds is 11. The quantitative estimate of drug-likeness (QED) is 0.409. The number of amides is 1. The molecule has 0 radical (unpaired) electrons. The van der Waals surface area contributed by atoms with Crippen LogP contribution in [0.3, 0.4) is 0 Å². The van der Waals surface area contributed by atoms with Crippen LogP contribution in [0.15, 0.2) is 29.9 Å². The Morgan fingerprint density at radius 1 is 1.28 bits per heavy atom. The van der Waals surface area contributed by atoms with Crippen LogP contribution < -0.4 is 10.0 Å². The molecule has 0 aliphatic carbocycles. The summed E-state index contributed by atoms with van der Waals surface area (Å²) in [5, 5.41) is 25.1. The smallest absolute Gasteiger partial charge is 0.271 e. The molecule has 0 bridgehead atoms. The molecular formula is C18H26N4O5S2. The molecule has 0 saturated carbocycles. The highest BCUT2D eigenvalue weighted by Crippen LogP contribution is 2.18. The van der Waals surface area contributed by atoms with Crippen LogP contribution in [-0.4, -0.2) is 59.0 Å². The topological polar surface area (TPSA) is 142 Å². The highest BCUT2D eigenvalue weighted by Gasteiger charge is 2.28. The van der Waals surface area contributed by atoms with Crippen LogP contribution in [0.4, 0.5) is 5.13 Å². The Hall–Kier alpha value is -2.08. The van der Waals surface area contributed by atoms with Gasteiger partial charge in [0.2, 0.25) is 10.0 Å². The molecule has 0 aromatic carbocycles. The van der Waals surface area contributed by atoms with Crippen molar-refractivity contribution >= 4 is 32.4 Å². The minimum absolute atomic E-state index is 0.0242. The normalized spacial score (nSPS) is 14.8. The lowest BCUT2D eigenvalue weighted by Gasteiger charge is -2.27. The lowest BCUT2D eigenvalue weighted by molar-refractivity contribution is -0.00817. The molecule has 160 valence electrons. The minimum Gasteiger partial charge on any atom is -0.390 e. The van der Waals surface area contributed by atoms with Gasteiger partial charge in [-0.05, 0) is 30.5 Å². The van der Waals surface area contributed by atoms with Gasteiger partial charge in [0, 0.05) is 17.8 Å². The average molecular weight is 443 g/mol. The lowest BCUT2D eigenvalue weighted by atomic mass is 9.95. The number of unbranched alkanes of at least 4 members (excludes halogenated alkanes) is 1. The number of nitrogens with zero attached hydrogens (tertiary/aromatic N) is 2. The second-order valence-electron chi connectivity index (χ2n) is 6.75. The SMILES string of the molecule is CCCCC(O)C(O)C(Cc1ccncc1)NC(=O)c1csc(NS(C)(=O)=O)n1. The molecule has 11 heteroatoms. The van der Waals surface area contributed by atoms with Gasteiger partial charge in [-0.3, -0.25) is 14.5 Å². The number of carbonyl (C=O) groups excluding carboxylic acids is 1. The monoisotopic (exact) mass is 442 g/mol. The summed E-state index contributed by atoms with van der Waals surface area (Å²) >= 11 is 0.979.